The molecule has 0 spiro atoms. The summed E-state index contributed by atoms with van der Waals surface area (Å²) in [4.78, 5) is 25.9. The molecule has 0 radical (unpaired) electrons. The van der Waals surface area contributed by atoms with Gasteiger partial charge in [0.2, 0.25) is 5.95 Å². The number of aromatic nitrogens is 5. The predicted molar refractivity (Wildman–Crippen MR) is 130 cm³/mol. The Labute approximate surface area is 197 Å². The number of rotatable bonds is 6. The number of carbonyl (C=O) groups is 1. The van der Waals surface area contributed by atoms with Crippen molar-refractivity contribution in [3.8, 4) is 22.6 Å². The standard InChI is InChI=1S/C26H25N7O/c1-3-33-26(30-19-8-9-20-21(12-19)15(2)29-25(20)34)31-24(32-33)18-7-11-23(28-14-18)17-6-10-22(27-13-17)16-4-5-16/h6-16H,3-5H2,1-2H3,(H,29,34)(H,30,31,32). The maximum absolute atomic E-state index is 12.0. The van der Waals surface area contributed by atoms with Crippen LogP contribution in [0, 0.1) is 0 Å². The molecule has 4 heterocycles. The molecule has 6 rings (SSSR count). The zero-order valence-electron chi connectivity index (χ0n) is 19.1. The summed E-state index contributed by atoms with van der Waals surface area (Å²) in [7, 11) is 0. The third-order valence-corrected chi connectivity index (χ3v) is 6.44. The van der Waals surface area contributed by atoms with Crippen LogP contribution in [-0.2, 0) is 6.54 Å². The van der Waals surface area contributed by atoms with E-state index in [0.29, 0.717) is 24.2 Å². The lowest BCUT2D eigenvalue weighted by atomic mass is 10.1. The number of hydrogen-bond donors (Lipinski definition) is 2. The van der Waals surface area contributed by atoms with Crippen molar-refractivity contribution in [1.29, 1.82) is 0 Å². The Morgan fingerprint density at radius 2 is 1.88 bits per heavy atom. The van der Waals surface area contributed by atoms with E-state index in [4.69, 9.17) is 4.98 Å². The molecule has 1 aromatic carbocycles. The third-order valence-electron chi connectivity index (χ3n) is 6.44. The number of pyridine rings is 2. The minimum atomic E-state index is -0.0290. The first-order valence-electron chi connectivity index (χ1n) is 11.7. The highest BCUT2D eigenvalue weighted by atomic mass is 16.2. The van der Waals surface area contributed by atoms with Gasteiger partial charge in [-0.15, -0.1) is 5.10 Å². The number of anilines is 2. The van der Waals surface area contributed by atoms with Crippen LogP contribution in [0.4, 0.5) is 11.6 Å². The summed E-state index contributed by atoms with van der Waals surface area (Å²) in [6, 6.07) is 13.9. The molecular formula is C26H25N7O. The number of hydrogen-bond acceptors (Lipinski definition) is 6. The molecular weight excluding hydrogens is 426 g/mol. The van der Waals surface area contributed by atoms with E-state index in [9.17, 15) is 4.79 Å². The van der Waals surface area contributed by atoms with E-state index in [1.54, 1.807) is 6.20 Å². The van der Waals surface area contributed by atoms with E-state index in [0.717, 1.165) is 33.6 Å². The average molecular weight is 452 g/mol. The van der Waals surface area contributed by atoms with Crippen LogP contribution in [0.25, 0.3) is 22.6 Å². The Balaban J connectivity index is 1.23. The van der Waals surface area contributed by atoms with Crippen molar-refractivity contribution in [1.82, 2.24) is 30.0 Å². The zero-order chi connectivity index (χ0) is 23.2. The molecule has 1 aliphatic heterocycles. The second kappa shape index (κ2) is 8.06. The molecule has 4 aromatic rings. The molecule has 8 heteroatoms. The average Bonchev–Trinajstić information content (AvgIpc) is 3.58. The normalized spacial score (nSPS) is 16.9. The van der Waals surface area contributed by atoms with E-state index in [-0.39, 0.29) is 11.9 Å². The van der Waals surface area contributed by atoms with Crippen molar-refractivity contribution in [3.05, 3.63) is 71.7 Å². The van der Waals surface area contributed by atoms with Gasteiger partial charge in [0.05, 0.1) is 11.7 Å². The van der Waals surface area contributed by atoms with Gasteiger partial charge in [-0.3, -0.25) is 14.8 Å². The molecule has 2 N–H and O–H groups in total. The second-order valence-corrected chi connectivity index (χ2v) is 8.88. The van der Waals surface area contributed by atoms with Crippen molar-refractivity contribution in [2.45, 2.75) is 45.2 Å². The van der Waals surface area contributed by atoms with Gasteiger partial charge in [0.1, 0.15) is 0 Å². The molecule has 34 heavy (non-hydrogen) atoms. The smallest absolute Gasteiger partial charge is 0.252 e. The van der Waals surface area contributed by atoms with Gasteiger partial charge in [-0.2, -0.15) is 4.98 Å². The van der Waals surface area contributed by atoms with Gasteiger partial charge in [0.25, 0.3) is 5.91 Å². The fourth-order valence-corrected chi connectivity index (χ4v) is 4.34. The van der Waals surface area contributed by atoms with Crippen LogP contribution < -0.4 is 10.6 Å². The lowest BCUT2D eigenvalue weighted by Crippen LogP contribution is -2.16. The number of aryl methyl sites for hydroxylation is 1. The molecule has 0 bridgehead atoms. The first kappa shape index (κ1) is 20.5. The van der Waals surface area contributed by atoms with Crippen LogP contribution >= 0.6 is 0 Å². The monoisotopic (exact) mass is 451 g/mol. The molecule has 170 valence electrons. The maximum Gasteiger partial charge on any atom is 0.252 e. The summed E-state index contributed by atoms with van der Waals surface area (Å²) in [5.74, 6) is 1.87. The van der Waals surface area contributed by atoms with Crippen LogP contribution in [0.5, 0.6) is 0 Å². The fraction of sp³-hybridized carbons (Fsp3) is 0.269. The highest BCUT2D eigenvalue weighted by Gasteiger charge is 2.26. The van der Waals surface area contributed by atoms with Crippen molar-refractivity contribution in [2.75, 3.05) is 5.32 Å². The number of nitrogens with zero attached hydrogens (tertiary/aromatic N) is 5. The number of nitrogens with one attached hydrogen (secondary N) is 2. The first-order chi connectivity index (χ1) is 16.6. The molecule has 1 fully saturated rings. The Morgan fingerprint density at radius 3 is 2.59 bits per heavy atom. The van der Waals surface area contributed by atoms with Crippen LogP contribution in [0.2, 0.25) is 0 Å². The number of amides is 1. The van der Waals surface area contributed by atoms with Gasteiger partial charge < -0.3 is 10.6 Å². The van der Waals surface area contributed by atoms with Crippen molar-refractivity contribution in [2.24, 2.45) is 0 Å². The lowest BCUT2D eigenvalue weighted by molar-refractivity contribution is 0.0958. The predicted octanol–water partition coefficient (Wildman–Crippen LogP) is 4.85. The van der Waals surface area contributed by atoms with Crippen molar-refractivity contribution in [3.63, 3.8) is 0 Å². The molecule has 1 amide bonds. The summed E-state index contributed by atoms with van der Waals surface area (Å²) >= 11 is 0. The van der Waals surface area contributed by atoms with Crippen LogP contribution in [0.15, 0.2) is 54.9 Å². The van der Waals surface area contributed by atoms with E-state index >= 15 is 0 Å². The maximum atomic E-state index is 12.0. The quantitative estimate of drug-likeness (QED) is 0.435. The minimum absolute atomic E-state index is 0.00597. The summed E-state index contributed by atoms with van der Waals surface area (Å²) < 4.78 is 1.82. The zero-order valence-corrected chi connectivity index (χ0v) is 19.1. The van der Waals surface area contributed by atoms with E-state index in [1.165, 1.54) is 18.5 Å². The molecule has 2 aliphatic rings. The highest BCUT2D eigenvalue weighted by Crippen LogP contribution is 2.39. The van der Waals surface area contributed by atoms with Crippen LogP contribution in [0.3, 0.4) is 0 Å². The Morgan fingerprint density at radius 1 is 1.06 bits per heavy atom. The third kappa shape index (κ3) is 3.71. The molecule has 3 aromatic heterocycles. The Bertz CT molecular complexity index is 1370. The molecule has 8 nitrogen and oxygen atoms in total. The summed E-state index contributed by atoms with van der Waals surface area (Å²) in [5.41, 5.74) is 6.48. The van der Waals surface area contributed by atoms with Crippen molar-refractivity contribution >= 4 is 17.5 Å². The number of fused-ring (bicyclic) bond motifs is 1. The molecule has 1 unspecified atom stereocenters. The largest absolute Gasteiger partial charge is 0.345 e. The molecule has 1 atom stereocenters. The van der Waals surface area contributed by atoms with Gasteiger partial charge in [0, 0.05) is 52.9 Å². The minimum Gasteiger partial charge on any atom is -0.345 e. The summed E-state index contributed by atoms with van der Waals surface area (Å²) in [6.45, 7) is 4.67. The van der Waals surface area contributed by atoms with E-state index < -0.39 is 0 Å². The topological polar surface area (TPSA) is 97.6 Å². The van der Waals surface area contributed by atoms with Crippen LogP contribution in [-0.4, -0.2) is 30.6 Å². The van der Waals surface area contributed by atoms with Crippen LogP contribution in [0.1, 0.15) is 60.3 Å². The van der Waals surface area contributed by atoms with Gasteiger partial charge in [0.15, 0.2) is 5.82 Å². The Hall–Kier alpha value is -4.07. The summed E-state index contributed by atoms with van der Waals surface area (Å²) in [5, 5.41) is 11.0. The van der Waals surface area contributed by atoms with Gasteiger partial charge in [-0.05, 0) is 74.7 Å². The molecule has 1 aliphatic carbocycles. The molecule has 0 saturated heterocycles. The van der Waals surface area contributed by atoms with Gasteiger partial charge >= 0.3 is 0 Å². The second-order valence-electron chi connectivity index (χ2n) is 8.88. The first-order valence-corrected chi connectivity index (χ1v) is 11.7. The highest BCUT2D eigenvalue weighted by molar-refractivity contribution is 5.99. The molecule has 1 saturated carbocycles. The lowest BCUT2D eigenvalue weighted by Gasteiger charge is -2.09. The Kier molecular flexibility index (Phi) is 4.86. The fourth-order valence-electron chi connectivity index (χ4n) is 4.34. The number of benzene rings is 1. The van der Waals surface area contributed by atoms with E-state index in [1.807, 2.05) is 55.1 Å². The summed E-state index contributed by atoms with van der Waals surface area (Å²) in [6.07, 6.45) is 6.20. The van der Waals surface area contributed by atoms with E-state index in [2.05, 4.69) is 37.8 Å². The van der Waals surface area contributed by atoms with Gasteiger partial charge in [-0.1, -0.05) is 0 Å². The SMILES string of the molecule is CCn1nc(-c2ccc(-c3ccc(C4CC4)nc3)nc2)nc1Nc1ccc2c(c1)C(C)NC2=O. The van der Waals surface area contributed by atoms with Crippen molar-refractivity contribution < 1.29 is 4.79 Å². The number of carbonyl (C=O) groups excluding carboxylic acids is 1. The van der Waals surface area contributed by atoms with Gasteiger partial charge in [-0.25, -0.2) is 4.68 Å².